The molecule has 0 saturated heterocycles. The Morgan fingerprint density at radius 2 is 2.16 bits per heavy atom. The van der Waals surface area contributed by atoms with E-state index in [9.17, 15) is 18.0 Å². The van der Waals surface area contributed by atoms with Crippen LogP contribution in [0.1, 0.15) is 33.9 Å². The summed E-state index contributed by atoms with van der Waals surface area (Å²) in [5.41, 5.74) is 0.971. The van der Waals surface area contributed by atoms with Gasteiger partial charge in [0.15, 0.2) is 0 Å². The molecule has 1 aromatic carbocycles. The molecule has 2 aromatic rings. The normalized spacial score (nSPS) is 14.4. The molecule has 0 atom stereocenters. The number of nitrogens with zero attached hydrogens (tertiary/aromatic N) is 2. The molecule has 134 valence electrons. The number of alkyl halides is 3. The Bertz CT molecular complexity index is 756. The quantitative estimate of drug-likeness (QED) is 0.765. The van der Waals surface area contributed by atoms with Crippen LogP contribution in [0.5, 0.6) is 5.75 Å². The topological polar surface area (TPSA) is 42.4 Å². The van der Waals surface area contributed by atoms with Gasteiger partial charge >= 0.3 is 6.18 Å². The van der Waals surface area contributed by atoms with Crippen molar-refractivity contribution in [1.29, 1.82) is 0 Å². The molecule has 0 radical (unpaired) electrons. The van der Waals surface area contributed by atoms with E-state index in [1.54, 1.807) is 12.1 Å². The Labute approximate surface area is 147 Å². The van der Waals surface area contributed by atoms with Crippen LogP contribution in [-0.4, -0.2) is 34.6 Å². The summed E-state index contributed by atoms with van der Waals surface area (Å²) >= 11 is 1.51. The zero-order valence-electron chi connectivity index (χ0n) is 13.5. The second-order valence-electron chi connectivity index (χ2n) is 5.95. The highest BCUT2D eigenvalue weighted by molar-refractivity contribution is 7.09. The highest BCUT2D eigenvalue weighted by Gasteiger charge is 2.40. The maximum atomic E-state index is 12.7. The highest BCUT2D eigenvalue weighted by Crippen LogP contribution is 2.32. The van der Waals surface area contributed by atoms with Crippen molar-refractivity contribution in [3.05, 3.63) is 45.9 Å². The molecule has 1 heterocycles. The number of ether oxygens (including phenoxy) is 1. The largest absolute Gasteiger partial charge is 0.487 e. The van der Waals surface area contributed by atoms with Gasteiger partial charge in [-0.3, -0.25) is 4.79 Å². The summed E-state index contributed by atoms with van der Waals surface area (Å²) in [6, 6.07) is 5.94. The molecule has 25 heavy (non-hydrogen) atoms. The van der Waals surface area contributed by atoms with Crippen molar-refractivity contribution in [1.82, 2.24) is 9.88 Å². The van der Waals surface area contributed by atoms with Gasteiger partial charge in [-0.05, 0) is 38.0 Å². The molecule has 0 spiro atoms. The van der Waals surface area contributed by atoms with E-state index in [0.717, 1.165) is 15.6 Å². The second kappa shape index (κ2) is 7.03. The van der Waals surface area contributed by atoms with Gasteiger partial charge in [0.05, 0.1) is 10.7 Å². The molecule has 0 bridgehead atoms. The first-order valence-electron chi connectivity index (χ1n) is 7.83. The van der Waals surface area contributed by atoms with Gasteiger partial charge in [-0.25, -0.2) is 4.98 Å². The number of halogens is 3. The lowest BCUT2D eigenvalue weighted by Crippen LogP contribution is -2.40. The first-order valence-corrected chi connectivity index (χ1v) is 8.71. The Hall–Kier alpha value is -2.09. The lowest BCUT2D eigenvalue weighted by molar-refractivity contribution is -0.141. The Morgan fingerprint density at radius 1 is 1.40 bits per heavy atom. The van der Waals surface area contributed by atoms with Crippen LogP contribution in [-0.2, 0) is 6.61 Å². The molecule has 3 rings (SSSR count). The van der Waals surface area contributed by atoms with Crippen LogP contribution in [0.15, 0.2) is 29.6 Å². The lowest BCUT2D eigenvalue weighted by atomic mass is 10.2. The van der Waals surface area contributed by atoms with Crippen molar-refractivity contribution < 1.29 is 22.7 Å². The van der Waals surface area contributed by atoms with E-state index in [4.69, 9.17) is 4.74 Å². The average molecular weight is 370 g/mol. The minimum atomic E-state index is -4.41. The molecular weight excluding hydrogens is 353 g/mol. The van der Waals surface area contributed by atoms with E-state index >= 15 is 0 Å². The molecule has 1 amide bonds. The summed E-state index contributed by atoms with van der Waals surface area (Å²) in [6.07, 6.45) is -3.18. The Kier molecular flexibility index (Phi) is 4.99. The number of benzene rings is 1. The Morgan fingerprint density at radius 3 is 2.76 bits per heavy atom. The van der Waals surface area contributed by atoms with Crippen LogP contribution in [0.4, 0.5) is 13.2 Å². The fourth-order valence-corrected chi connectivity index (χ4v) is 3.06. The van der Waals surface area contributed by atoms with Crippen molar-refractivity contribution in [2.75, 3.05) is 6.54 Å². The predicted octanol–water partition coefficient (Wildman–Crippen LogP) is 4.20. The molecule has 1 aliphatic carbocycles. The number of aromatic nitrogens is 1. The van der Waals surface area contributed by atoms with Gasteiger partial charge in [-0.2, -0.15) is 13.2 Å². The van der Waals surface area contributed by atoms with Crippen LogP contribution >= 0.6 is 11.3 Å². The molecule has 1 saturated carbocycles. The summed E-state index contributed by atoms with van der Waals surface area (Å²) in [5.74, 6) is -0.186. The Balaban J connectivity index is 1.69. The predicted molar refractivity (Wildman–Crippen MR) is 87.7 cm³/mol. The van der Waals surface area contributed by atoms with Gasteiger partial charge in [-0.1, -0.05) is 6.07 Å². The molecule has 4 nitrogen and oxygen atoms in total. The minimum absolute atomic E-state index is 0.197. The molecule has 0 unspecified atom stereocenters. The molecule has 1 aliphatic rings. The van der Waals surface area contributed by atoms with E-state index in [0.29, 0.717) is 18.6 Å². The number of aryl methyl sites for hydroxylation is 1. The SMILES string of the molecule is Cc1nc(COc2cccc(C(=O)N(CC(F)(F)F)C3CC3)c2)cs1. The summed E-state index contributed by atoms with van der Waals surface area (Å²) in [6.45, 7) is 0.914. The van der Waals surface area contributed by atoms with E-state index < -0.39 is 18.6 Å². The monoisotopic (exact) mass is 370 g/mol. The van der Waals surface area contributed by atoms with Crippen LogP contribution < -0.4 is 4.74 Å². The van der Waals surface area contributed by atoms with Crippen LogP contribution in [0.25, 0.3) is 0 Å². The lowest BCUT2D eigenvalue weighted by Gasteiger charge is -2.24. The van der Waals surface area contributed by atoms with Crippen molar-refractivity contribution in [2.24, 2.45) is 0 Å². The number of rotatable bonds is 6. The van der Waals surface area contributed by atoms with Gasteiger partial charge < -0.3 is 9.64 Å². The van der Waals surface area contributed by atoms with Gasteiger partial charge in [-0.15, -0.1) is 11.3 Å². The van der Waals surface area contributed by atoms with E-state index in [2.05, 4.69) is 4.98 Å². The van der Waals surface area contributed by atoms with E-state index in [1.807, 2.05) is 12.3 Å². The third-order valence-electron chi connectivity index (χ3n) is 3.73. The molecule has 1 aromatic heterocycles. The third kappa shape index (κ3) is 4.94. The number of hydrogen-bond donors (Lipinski definition) is 0. The van der Waals surface area contributed by atoms with Crippen molar-refractivity contribution in [3.8, 4) is 5.75 Å². The average Bonchev–Trinajstić information content (AvgIpc) is 3.31. The molecule has 8 heteroatoms. The summed E-state index contributed by atoms with van der Waals surface area (Å²) in [5, 5.41) is 2.80. The van der Waals surface area contributed by atoms with Gasteiger partial charge in [0, 0.05) is 17.0 Å². The fraction of sp³-hybridized carbons (Fsp3) is 0.412. The number of amides is 1. The molecular formula is C17H17F3N2O2S. The van der Waals surface area contributed by atoms with Gasteiger partial charge in [0.25, 0.3) is 5.91 Å². The van der Waals surface area contributed by atoms with Crippen molar-refractivity contribution >= 4 is 17.2 Å². The van der Waals surface area contributed by atoms with Gasteiger partial charge in [0.2, 0.25) is 0 Å². The third-order valence-corrected chi connectivity index (χ3v) is 4.55. The first kappa shape index (κ1) is 17.7. The zero-order valence-corrected chi connectivity index (χ0v) is 14.4. The number of hydrogen-bond acceptors (Lipinski definition) is 4. The maximum Gasteiger partial charge on any atom is 0.406 e. The van der Waals surface area contributed by atoms with E-state index in [1.165, 1.54) is 23.5 Å². The summed E-state index contributed by atoms with van der Waals surface area (Å²) < 4.78 is 43.8. The second-order valence-corrected chi connectivity index (χ2v) is 7.02. The zero-order chi connectivity index (χ0) is 18.0. The minimum Gasteiger partial charge on any atom is -0.487 e. The smallest absolute Gasteiger partial charge is 0.406 e. The van der Waals surface area contributed by atoms with Crippen LogP contribution in [0, 0.1) is 6.92 Å². The molecule has 0 N–H and O–H groups in total. The van der Waals surface area contributed by atoms with Crippen molar-refractivity contribution in [2.45, 2.75) is 38.6 Å². The first-order chi connectivity index (χ1) is 11.8. The molecule has 0 aliphatic heterocycles. The van der Waals surface area contributed by atoms with Gasteiger partial charge in [0.1, 0.15) is 18.9 Å². The number of carbonyl (C=O) groups is 1. The fourth-order valence-electron chi connectivity index (χ4n) is 2.46. The molecule has 1 fully saturated rings. The standard InChI is InChI=1S/C17H17F3N2O2S/c1-11-21-13(9-25-11)8-24-15-4-2-3-12(7-15)16(23)22(14-5-6-14)10-17(18,19)20/h2-4,7,9,14H,5-6,8,10H2,1H3. The van der Waals surface area contributed by atoms with Crippen molar-refractivity contribution in [3.63, 3.8) is 0 Å². The highest BCUT2D eigenvalue weighted by atomic mass is 32.1. The summed E-state index contributed by atoms with van der Waals surface area (Å²) in [4.78, 5) is 17.7. The summed E-state index contributed by atoms with van der Waals surface area (Å²) in [7, 11) is 0. The van der Waals surface area contributed by atoms with E-state index in [-0.39, 0.29) is 18.2 Å². The maximum absolute atomic E-state index is 12.7. The van der Waals surface area contributed by atoms with Crippen LogP contribution in [0.3, 0.4) is 0 Å². The van der Waals surface area contributed by atoms with Crippen LogP contribution in [0.2, 0.25) is 0 Å². The number of carbonyl (C=O) groups excluding carboxylic acids is 1. The number of thiazole rings is 1.